The summed E-state index contributed by atoms with van der Waals surface area (Å²) in [7, 11) is 0. The van der Waals surface area contributed by atoms with E-state index in [0.717, 1.165) is 6.42 Å². The molecule has 0 aromatic heterocycles. The Balaban J connectivity index is 4.30. The van der Waals surface area contributed by atoms with Crippen LogP contribution in [-0.2, 0) is 0 Å². The largest absolute Gasteiger partial charge is 0.264 e. The maximum absolute atomic E-state index is 4.16. The van der Waals surface area contributed by atoms with E-state index >= 15 is 0 Å². The number of hydrogen-bond donors (Lipinski definition) is 0. The average Bonchev–Trinajstić information content (AvgIpc) is 2.17. The Kier molecular flexibility index (Phi) is 6.89. The van der Waals surface area contributed by atoms with Crippen LogP contribution < -0.4 is 0 Å². The van der Waals surface area contributed by atoms with E-state index in [1.54, 1.807) is 6.21 Å². The van der Waals surface area contributed by atoms with Crippen molar-refractivity contribution >= 4 is 6.21 Å². The standard InChI is InChI=1S/C12H19N/c1-5-8-9-13-10-12(7-3)11(4)6-2/h5,7-11H,3,6H2,1-2,4H3/b8-5-,12-10+,13-9+. The average molecular weight is 177 g/mol. The lowest BCUT2D eigenvalue weighted by Crippen LogP contribution is -1.93. The Hall–Kier alpha value is -1.11. The van der Waals surface area contributed by atoms with Crippen LogP contribution in [-0.4, -0.2) is 6.21 Å². The molecule has 1 nitrogen and oxygen atoms in total. The summed E-state index contributed by atoms with van der Waals surface area (Å²) in [6.45, 7) is 10.1. The monoisotopic (exact) mass is 177 g/mol. The van der Waals surface area contributed by atoms with Crippen LogP contribution in [0.3, 0.4) is 0 Å². The molecule has 0 spiro atoms. The SMILES string of the molecule is C=C\C(=C/N=C/C=C\C)C(C)CC. The maximum Gasteiger partial charge on any atom is 0.0302 e. The van der Waals surface area contributed by atoms with Crippen molar-refractivity contribution in [2.45, 2.75) is 27.2 Å². The molecule has 0 aliphatic heterocycles. The van der Waals surface area contributed by atoms with Gasteiger partial charge in [0, 0.05) is 12.4 Å². The van der Waals surface area contributed by atoms with Crippen LogP contribution >= 0.6 is 0 Å². The lowest BCUT2D eigenvalue weighted by atomic mass is 10.00. The van der Waals surface area contributed by atoms with Gasteiger partial charge < -0.3 is 0 Å². The Labute approximate surface area is 81.6 Å². The van der Waals surface area contributed by atoms with Crippen LogP contribution in [0.15, 0.2) is 41.6 Å². The number of hydrogen-bond acceptors (Lipinski definition) is 1. The van der Waals surface area contributed by atoms with Crippen LogP contribution in [0.2, 0.25) is 0 Å². The van der Waals surface area contributed by atoms with E-state index in [9.17, 15) is 0 Å². The van der Waals surface area contributed by atoms with Crippen molar-refractivity contribution in [3.63, 3.8) is 0 Å². The van der Waals surface area contributed by atoms with Crippen molar-refractivity contribution in [2.24, 2.45) is 10.9 Å². The summed E-state index contributed by atoms with van der Waals surface area (Å²) in [6.07, 6.45) is 10.5. The molecule has 0 N–H and O–H groups in total. The molecule has 0 aromatic rings. The molecule has 0 saturated carbocycles. The minimum Gasteiger partial charge on any atom is -0.264 e. The molecule has 0 rings (SSSR count). The topological polar surface area (TPSA) is 12.4 Å². The van der Waals surface area contributed by atoms with Gasteiger partial charge in [-0.15, -0.1) is 0 Å². The Morgan fingerprint density at radius 2 is 2.23 bits per heavy atom. The lowest BCUT2D eigenvalue weighted by molar-refractivity contribution is 0.669. The van der Waals surface area contributed by atoms with Crippen molar-refractivity contribution in [3.05, 3.63) is 36.6 Å². The van der Waals surface area contributed by atoms with Crippen LogP contribution in [0.1, 0.15) is 27.2 Å². The zero-order valence-corrected chi connectivity index (χ0v) is 8.83. The second kappa shape index (κ2) is 7.53. The zero-order valence-electron chi connectivity index (χ0n) is 8.83. The van der Waals surface area contributed by atoms with Gasteiger partial charge >= 0.3 is 0 Å². The van der Waals surface area contributed by atoms with Crippen molar-refractivity contribution in [2.75, 3.05) is 0 Å². The number of aliphatic imine (C=N–C) groups is 1. The minimum atomic E-state index is 0.542. The summed E-state index contributed by atoms with van der Waals surface area (Å²) < 4.78 is 0. The van der Waals surface area contributed by atoms with E-state index in [0.29, 0.717) is 5.92 Å². The molecule has 0 fully saturated rings. The zero-order chi connectivity index (χ0) is 10.1. The second-order valence-corrected chi connectivity index (χ2v) is 2.97. The van der Waals surface area contributed by atoms with Gasteiger partial charge in [-0.05, 0) is 30.9 Å². The molecular weight excluding hydrogens is 158 g/mol. The van der Waals surface area contributed by atoms with Crippen LogP contribution in [0, 0.1) is 5.92 Å². The quantitative estimate of drug-likeness (QED) is 0.448. The van der Waals surface area contributed by atoms with Gasteiger partial charge in [-0.2, -0.15) is 0 Å². The molecule has 0 radical (unpaired) electrons. The molecule has 0 bridgehead atoms. The summed E-state index contributed by atoms with van der Waals surface area (Å²) in [5.74, 6) is 0.542. The molecule has 0 heterocycles. The second-order valence-electron chi connectivity index (χ2n) is 2.97. The Bertz CT molecular complexity index is 221. The minimum absolute atomic E-state index is 0.542. The van der Waals surface area contributed by atoms with E-state index in [4.69, 9.17) is 0 Å². The molecule has 0 aromatic carbocycles. The lowest BCUT2D eigenvalue weighted by Gasteiger charge is -2.07. The van der Waals surface area contributed by atoms with E-state index < -0.39 is 0 Å². The highest BCUT2D eigenvalue weighted by molar-refractivity contribution is 5.71. The predicted molar refractivity (Wildman–Crippen MR) is 61.0 cm³/mol. The predicted octanol–water partition coefficient (Wildman–Crippen LogP) is 3.75. The first-order valence-electron chi connectivity index (χ1n) is 4.73. The summed E-state index contributed by atoms with van der Waals surface area (Å²) in [5.41, 5.74) is 1.20. The smallest absolute Gasteiger partial charge is 0.0302 e. The van der Waals surface area contributed by atoms with Gasteiger partial charge in [0.1, 0.15) is 0 Å². The van der Waals surface area contributed by atoms with Gasteiger partial charge in [0.05, 0.1) is 0 Å². The van der Waals surface area contributed by atoms with Gasteiger partial charge in [0.2, 0.25) is 0 Å². The normalized spacial score (nSPS) is 15.5. The van der Waals surface area contributed by atoms with Gasteiger partial charge in [0.15, 0.2) is 0 Å². The van der Waals surface area contributed by atoms with Crippen molar-refractivity contribution < 1.29 is 0 Å². The van der Waals surface area contributed by atoms with E-state index in [2.05, 4.69) is 25.4 Å². The molecule has 0 aliphatic carbocycles. The summed E-state index contributed by atoms with van der Waals surface area (Å²) in [4.78, 5) is 4.16. The molecule has 0 aliphatic rings. The van der Waals surface area contributed by atoms with Gasteiger partial charge in [-0.25, -0.2) is 0 Å². The molecule has 13 heavy (non-hydrogen) atoms. The number of rotatable bonds is 5. The van der Waals surface area contributed by atoms with Crippen LogP contribution in [0.5, 0.6) is 0 Å². The first-order valence-corrected chi connectivity index (χ1v) is 4.73. The third-order valence-electron chi connectivity index (χ3n) is 2.01. The molecule has 1 unspecified atom stereocenters. The molecule has 1 heteroatoms. The van der Waals surface area contributed by atoms with Crippen molar-refractivity contribution in [1.29, 1.82) is 0 Å². The Morgan fingerprint density at radius 3 is 2.69 bits per heavy atom. The number of allylic oxidation sites excluding steroid dienone is 4. The van der Waals surface area contributed by atoms with Crippen molar-refractivity contribution in [1.82, 2.24) is 0 Å². The van der Waals surface area contributed by atoms with E-state index in [1.807, 2.05) is 31.4 Å². The summed E-state index contributed by atoms with van der Waals surface area (Å²) >= 11 is 0. The van der Waals surface area contributed by atoms with E-state index in [1.165, 1.54) is 5.57 Å². The Morgan fingerprint density at radius 1 is 1.54 bits per heavy atom. The summed E-state index contributed by atoms with van der Waals surface area (Å²) in [6, 6.07) is 0. The van der Waals surface area contributed by atoms with Gasteiger partial charge in [-0.3, -0.25) is 4.99 Å². The van der Waals surface area contributed by atoms with Gasteiger partial charge in [-0.1, -0.05) is 32.6 Å². The van der Waals surface area contributed by atoms with Crippen LogP contribution in [0.4, 0.5) is 0 Å². The first-order chi connectivity index (χ1) is 6.26. The highest BCUT2D eigenvalue weighted by Gasteiger charge is 2.00. The molecule has 72 valence electrons. The third-order valence-corrected chi connectivity index (χ3v) is 2.01. The highest BCUT2D eigenvalue weighted by atomic mass is 14.7. The maximum atomic E-state index is 4.16. The fourth-order valence-corrected chi connectivity index (χ4v) is 0.882. The van der Waals surface area contributed by atoms with Gasteiger partial charge in [0.25, 0.3) is 0 Å². The van der Waals surface area contributed by atoms with Crippen LogP contribution in [0.25, 0.3) is 0 Å². The number of nitrogens with zero attached hydrogens (tertiary/aromatic N) is 1. The molecular formula is C12H19N. The van der Waals surface area contributed by atoms with E-state index in [-0.39, 0.29) is 0 Å². The first kappa shape index (κ1) is 11.9. The summed E-state index contributed by atoms with van der Waals surface area (Å²) in [5, 5.41) is 0. The molecule has 1 atom stereocenters. The fraction of sp³-hybridized carbons (Fsp3) is 0.417. The third kappa shape index (κ3) is 5.18. The fourth-order valence-electron chi connectivity index (χ4n) is 0.882. The molecule has 0 saturated heterocycles. The highest BCUT2D eigenvalue weighted by Crippen LogP contribution is 2.14. The van der Waals surface area contributed by atoms with Crippen molar-refractivity contribution in [3.8, 4) is 0 Å². The molecule has 0 amide bonds.